The molecule has 0 fully saturated rings. The van der Waals surface area contributed by atoms with Crippen molar-refractivity contribution in [2.75, 3.05) is 34.0 Å². The van der Waals surface area contributed by atoms with Gasteiger partial charge in [-0.05, 0) is 12.1 Å². The van der Waals surface area contributed by atoms with Gasteiger partial charge in [-0.1, -0.05) is 6.07 Å². The van der Waals surface area contributed by atoms with Crippen LogP contribution >= 0.6 is 0 Å². The molecule has 0 aliphatic rings. The van der Waals surface area contributed by atoms with Crippen LogP contribution in [0.3, 0.4) is 0 Å². The second-order valence-corrected chi connectivity index (χ2v) is 3.30. The minimum atomic E-state index is -0.187. The first-order chi connectivity index (χ1) is 8.24. The van der Waals surface area contributed by atoms with Gasteiger partial charge in [0.1, 0.15) is 23.7 Å². The molecule has 1 aromatic carbocycles. The highest BCUT2D eigenvalue weighted by molar-refractivity contribution is 6.02. The lowest BCUT2D eigenvalue weighted by atomic mass is 10.1. The third-order valence-corrected chi connectivity index (χ3v) is 2.20. The van der Waals surface area contributed by atoms with E-state index in [9.17, 15) is 4.79 Å². The van der Waals surface area contributed by atoms with E-state index in [1.54, 1.807) is 18.2 Å². The lowest BCUT2D eigenvalue weighted by molar-refractivity contribution is 0.0768. The SMILES string of the molecule is COc1cccc(OC)c1C(=O)COCCN. The molecule has 5 nitrogen and oxygen atoms in total. The number of hydrogen-bond acceptors (Lipinski definition) is 5. The van der Waals surface area contributed by atoms with Gasteiger partial charge in [0.05, 0.1) is 20.8 Å². The van der Waals surface area contributed by atoms with Crippen molar-refractivity contribution in [1.82, 2.24) is 0 Å². The van der Waals surface area contributed by atoms with Gasteiger partial charge in [-0.3, -0.25) is 4.79 Å². The van der Waals surface area contributed by atoms with Crippen LogP contribution in [0.25, 0.3) is 0 Å². The van der Waals surface area contributed by atoms with E-state index in [2.05, 4.69) is 0 Å². The highest BCUT2D eigenvalue weighted by Crippen LogP contribution is 2.28. The number of benzene rings is 1. The first-order valence-electron chi connectivity index (χ1n) is 5.26. The van der Waals surface area contributed by atoms with Crippen molar-refractivity contribution in [3.05, 3.63) is 23.8 Å². The molecule has 0 radical (unpaired) electrons. The molecule has 0 saturated heterocycles. The number of carbonyl (C=O) groups excluding carboxylic acids is 1. The molecule has 5 heteroatoms. The van der Waals surface area contributed by atoms with Gasteiger partial charge in [0.15, 0.2) is 5.78 Å². The predicted molar refractivity (Wildman–Crippen MR) is 63.7 cm³/mol. The summed E-state index contributed by atoms with van der Waals surface area (Å²) in [4.78, 5) is 12.0. The number of Topliss-reactive ketones (excluding diaryl/α,β-unsaturated/α-hetero) is 1. The van der Waals surface area contributed by atoms with E-state index in [4.69, 9.17) is 19.9 Å². The van der Waals surface area contributed by atoms with E-state index in [0.717, 1.165) is 0 Å². The van der Waals surface area contributed by atoms with Crippen molar-refractivity contribution in [3.63, 3.8) is 0 Å². The summed E-state index contributed by atoms with van der Waals surface area (Å²) in [5.74, 6) is 0.768. The van der Waals surface area contributed by atoms with Gasteiger partial charge in [-0.2, -0.15) is 0 Å². The highest BCUT2D eigenvalue weighted by atomic mass is 16.5. The van der Waals surface area contributed by atoms with Gasteiger partial charge >= 0.3 is 0 Å². The Kier molecular flexibility index (Phi) is 5.45. The van der Waals surface area contributed by atoms with Gasteiger partial charge in [-0.25, -0.2) is 0 Å². The molecule has 0 aliphatic heterocycles. The first-order valence-corrected chi connectivity index (χ1v) is 5.26. The van der Waals surface area contributed by atoms with Crippen LogP contribution < -0.4 is 15.2 Å². The number of ketones is 1. The molecule has 2 N–H and O–H groups in total. The molecule has 0 aromatic heterocycles. The second-order valence-electron chi connectivity index (χ2n) is 3.30. The zero-order chi connectivity index (χ0) is 12.7. The van der Waals surface area contributed by atoms with E-state index >= 15 is 0 Å². The van der Waals surface area contributed by atoms with Crippen LogP contribution in [0.15, 0.2) is 18.2 Å². The Labute approximate surface area is 100 Å². The van der Waals surface area contributed by atoms with Crippen LogP contribution in [0.1, 0.15) is 10.4 Å². The molecule has 1 aromatic rings. The highest BCUT2D eigenvalue weighted by Gasteiger charge is 2.17. The average molecular weight is 239 g/mol. The number of hydrogen-bond donors (Lipinski definition) is 1. The lowest BCUT2D eigenvalue weighted by Gasteiger charge is -2.11. The molecule has 0 amide bonds. The van der Waals surface area contributed by atoms with Crippen LogP contribution in [0.4, 0.5) is 0 Å². The van der Waals surface area contributed by atoms with Gasteiger partial charge in [0.25, 0.3) is 0 Å². The molecule has 0 bridgehead atoms. The fraction of sp³-hybridized carbons (Fsp3) is 0.417. The maximum Gasteiger partial charge on any atom is 0.195 e. The maximum atomic E-state index is 12.0. The zero-order valence-corrected chi connectivity index (χ0v) is 10.1. The summed E-state index contributed by atoms with van der Waals surface area (Å²) in [6.45, 7) is 0.702. The Bertz CT molecular complexity index is 357. The molecule has 0 unspecified atom stereocenters. The normalized spacial score (nSPS) is 10.1. The number of methoxy groups -OCH3 is 2. The summed E-state index contributed by atoms with van der Waals surface area (Å²) in [5, 5.41) is 0. The lowest BCUT2D eigenvalue weighted by Crippen LogP contribution is -2.16. The largest absolute Gasteiger partial charge is 0.496 e. The van der Waals surface area contributed by atoms with Crippen molar-refractivity contribution in [2.24, 2.45) is 5.73 Å². The van der Waals surface area contributed by atoms with Crippen LogP contribution in [0, 0.1) is 0 Å². The topological polar surface area (TPSA) is 70.8 Å². The molecule has 0 aliphatic carbocycles. The molecule has 0 spiro atoms. The van der Waals surface area contributed by atoms with E-state index in [0.29, 0.717) is 30.2 Å². The van der Waals surface area contributed by atoms with E-state index < -0.39 is 0 Å². The summed E-state index contributed by atoms with van der Waals surface area (Å²) in [6.07, 6.45) is 0. The molecular formula is C12H17NO4. The third-order valence-electron chi connectivity index (χ3n) is 2.20. The number of rotatable bonds is 7. The zero-order valence-electron chi connectivity index (χ0n) is 10.1. The Morgan fingerprint density at radius 3 is 2.29 bits per heavy atom. The average Bonchev–Trinajstić information content (AvgIpc) is 2.37. The third kappa shape index (κ3) is 3.44. The van der Waals surface area contributed by atoms with Crippen molar-refractivity contribution in [2.45, 2.75) is 0 Å². The van der Waals surface area contributed by atoms with E-state index in [-0.39, 0.29) is 12.4 Å². The smallest absolute Gasteiger partial charge is 0.195 e. The van der Waals surface area contributed by atoms with Gasteiger partial charge < -0.3 is 19.9 Å². The van der Waals surface area contributed by atoms with Crippen molar-refractivity contribution < 1.29 is 19.0 Å². The number of carbonyl (C=O) groups is 1. The number of nitrogens with two attached hydrogens (primary N) is 1. The summed E-state index contributed by atoms with van der Waals surface area (Å²) in [6, 6.07) is 5.17. The summed E-state index contributed by atoms with van der Waals surface area (Å²) >= 11 is 0. The summed E-state index contributed by atoms with van der Waals surface area (Å²) < 4.78 is 15.4. The fourth-order valence-corrected chi connectivity index (χ4v) is 1.45. The maximum absolute atomic E-state index is 12.0. The molecule has 0 saturated carbocycles. The van der Waals surface area contributed by atoms with Crippen LogP contribution in [0.2, 0.25) is 0 Å². The molecule has 17 heavy (non-hydrogen) atoms. The molecule has 94 valence electrons. The van der Waals surface area contributed by atoms with Gasteiger partial charge in [-0.15, -0.1) is 0 Å². The number of ether oxygens (including phenoxy) is 3. The quantitative estimate of drug-likeness (QED) is 0.564. The van der Waals surface area contributed by atoms with Crippen molar-refractivity contribution >= 4 is 5.78 Å². The molecular weight excluding hydrogens is 222 g/mol. The molecule has 1 rings (SSSR count). The van der Waals surface area contributed by atoms with Crippen LogP contribution in [-0.2, 0) is 4.74 Å². The Morgan fingerprint density at radius 2 is 1.82 bits per heavy atom. The first kappa shape index (κ1) is 13.5. The Balaban J connectivity index is 2.89. The van der Waals surface area contributed by atoms with Crippen LogP contribution in [-0.4, -0.2) is 39.8 Å². The Morgan fingerprint density at radius 1 is 1.24 bits per heavy atom. The fourth-order valence-electron chi connectivity index (χ4n) is 1.45. The monoisotopic (exact) mass is 239 g/mol. The van der Waals surface area contributed by atoms with E-state index in [1.807, 2.05) is 0 Å². The van der Waals surface area contributed by atoms with Crippen molar-refractivity contribution in [1.29, 1.82) is 0 Å². The standard InChI is InChI=1S/C12H17NO4/c1-15-10-4-3-5-11(16-2)12(10)9(14)8-17-7-6-13/h3-5H,6-8,13H2,1-2H3. The van der Waals surface area contributed by atoms with E-state index in [1.165, 1.54) is 14.2 Å². The van der Waals surface area contributed by atoms with Crippen molar-refractivity contribution in [3.8, 4) is 11.5 Å². The van der Waals surface area contributed by atoms with Gasteiger partial charge in [0.2, 0.25) is 0 Å². The molecule has 0 heterocycles. The van der Waals surface area contributed by atoms with Crippen LogP contribution in [0.5, 0.6) is 11.5 Å². The Hall–Kier alpha value is -1.59. The van der Waals surface area contributed by atoms with Gasteiger partial charge in [0, 0.05) is 6.54 Å². The summed E-state index contributed by atoms with van der Waals surface area (Å²) in [5.41, 5.74) is 5.68. The second kappa shape index (κ2) is 6.88. The molecule has 0 atom stereocenters. The minimum Gasteiger partial charge on any atom is -0.496 e. The summed E-state index contributed by atoms with van der Waals surface area (Å²) in [7, 11) is 3.01. The predicted octanol–water partition coefficient (Wildman–Crippen LogP) is 0.862. The minimum absolute atomic E-state index is 0.0338.